The van der Waals surface area contributed by atoms with Crippen LogP contribution in [-0.4, -0.2) is 15.9 Å². The van der Waals surface area contributed by atoms with Gasteiger partial charge in [-0.2, -0.15) is 0 Å². The van der Waals surface area contributed by atoms with Crippen LogP contribution < -0.4 is 0 Å². The summed E-state index contributed by atoms with van der Waals surface area (Å²) in [5.74, 6) is 0.265. The average Bonchev–Trinajstić information content (AvgIpc) is 2.96. The molecule has 0 aliphatic heterocycles. The van der Waals surface area contributed by atoms with Crippen LogP contribution in [0.5, 0.6) is 5.75 Å². The van der Waals surface area contributed by atoms with Gasteiger partial charge < -0.3 is 9.67 Å². The van der Waals surface area contributed by atoms with Gasteiger partial charge in [0.25, 0.3) is 0 Å². The number of aliphatic imine (C=N–C) groups is 1. The smallest absolute Gasteiger partial charge is 0.115 e. The van der Waals surface area contributed by atoms with Crippen LogP contribution in [0.1, 0.15) is 11.3 Å². The molecule has 1 N–H and O–H groups in total. The van der Waals surface area contributed by atoms with Gasteiger partial charge in [0.2, 0.25) is 0 Å². The number of rotatable bonds is 3. The highest BCUT2D eigenvalue weighted by Crippen LogP contribution is 2.19. The number of phenols is 1. The van der Waals surface area contributed by atoms with E-state index in [1.165, 1.54) is 0 Å². The topological polar surface area (TPSA) is 37.5 Å². The van der Waals surface area contributed by atoms with E-state index >= 15 is 0 Å². The molecular weight excluding hydrogens is 260 g/mol. The van der Waals surface area contributed by atoms with Crippen molar-refractivity contribution in [3.05, 3.63) is 78.1 Å². The summed E-state index contributed by atoms with van der Waals surface area (Å²) in [4.78, 5) is 4.56. The Kier molecular flexibility index (Phi) is 3.56. The fourth-order valence-corrected chi connectivity index (χ4v) is 2.19. The lowest BCUT2D eigenvalue weighted by Gasteiger charge is -2.06. The van der Waals surface area contributed by atoms with E-state index in [9.17, 15) is 5.11 Å². The molecule has 0 radical (unpaired) electrons. The second kappa shape index (κ2) is 5.67. The van der Waals surface area contributed by atoms with Crippen LogP contribution in [0.25, 0.3) is 5.69 Å². The highest BCUT2D eigenvalue weighted by molar-refractivity contribution is 5.81. The molecule has 1 aromatic heterocycles. The molecule has 0 saturated heterocycles. The van der Waals surface area contributed by atoms with Crippen molar-refractivity contribution >= 4 is 11.9 Å². The Bertz CT molecular complexity index is 770. The molecule has 104 valence electrons. The third kappa shape index (κ3) is 2.87. The molecule has 0 fully saturated rings. The first-order chi connectivity index (χ1) is 10.2. The first kappa shape index (κ1) is 13.2. The molecule has 0 atom stereocenters. The Morgan fingerprint density at radius 1 is 0.952 bits per heavy atom. The van der Waals surface area contributed by atoms with E-state index in [0.29, 0.717) is 0 Å². The Balaban J connectivity index is 1.93. The highest BCUT2D eigenvalue weighted by atomic mass is 16.3. The maximum atomic E-state index is 9.37. The zero-order valence-corrected chi connectivity index (χ0v) is 11.8. The summed E-state index contributed by atoms with van der Waals surface area (Å²) in [6.45, 7) is 2.05. The van der Waals surface area contributed by atoms with Gasteiger partial charge in [0, 0.05) is 11.9 Å². The number of phenolic OH excluding ortho intramolecular Hbond substituents is 1. The predicted octanol–water partition coefficient (Wildman–Crippen LogP) is 4.24. The molecule has 0 aliphatic rings. The molecule has 2 aromatic carbocycles. The van der Waals surface area contributed by atoms with Crippen LogP contribution in [0.15, 0.2) is 71.9 Å². The zero-order valence-electron chi connectivity index (χ0n) is 11.8. The monoisotopic (exact) mass is 276 g/mol. The molecule has 1 heterocycles. The van der Waals surface area contributed by atoms with Crippen LogP contribution in [0.4, 0.5) is 5.69 Å². The van der Waals surface area contributed by atoms with Gasteiger partial charge >= 0.3 is 0 Å². The summed E-state index contributed by atoms with van der Waals surface area (Å²) >= 11 is 0. The molecular formula is C18H16N2O. The fraction of sp³-hybridized carbons (Fsp3) is 0.0556. The van der Waals surface area contributed by atoms with E-state index in [-0.39, 0.29) is 5.75 Å². The van der Waals surface area contributed by atoms with Crippen LogP contribution >= 0.6 is 0 Å². The number of aromatic nitrogens is 1. The second-order valence-electron chi connectivity index (χ2n) is 4.86. The van der Waals surface area contributed by atoms with Crippen molar-refractivity contribution in [2.75, 3.05) is 0 Å². The van der Waals surface area contributed by atoms with E-state index in [2.05, 4.69) is 4.99 Å². The SMILES string of the molecule is Cc1ccccc1N=Cc1cccn1-c1ccc(O)cc1. The van der Waals surface area contributed by atoms with Gasteiger partial charge in [-0.15, -0.1) is 0 Å². The van der Waals surface area contributed by atoms with Crippen molar-refractivity contribution in [2.45, 2.75) is 6.92 Å². The minimum absolute atomic E-state index is 0.265. The Labute approximate surface area is 123 Å². The van der Waals surface area contributed by atoms with Crippen molar-refractivity contribution in [3.8, 4) is 11.4 Å². The average molecular weight is 276 g/mol. The highest BCUT2D eigenvalue weighted by Gasteiger charge is 2.01. The molecule has 0 saturated carbocycles. The maximum absolute atomic E-state index is 9.37. The van der Waals surface area contributed by atoms with Gasteiger partial charge in [0.05, 0.1) is 17.6 Å². The standard InChI is InChI=1S/C18H16N2O/c1-14-5-2-3-7-18(14)19-13-16-6-4-12-20(16)15-8-10-17(21)11-9-15/h2-13,21H,1H3. The van der Waals surface area contributed by atoms with Crippen molar-refractivity contribution in [3.63, 3.8) is 0 Å². The number of hydrogen-bond acceptors (Lipinski definition) is 2. The van der Waals surface area contributed by atoms with Gasteiger partial charge in [-0.05, 0) is 55.0 Å². The molecule has 0 amide bonds. The third-order valence-corrected chi connectivity index (χ3v) is 3.36. The summed E-state index contributed by atoms with van der Waals surface area (Å²) in [6.07, 6.45) is 3.83. The summed E-state index contributed by atoms with van der Waals surface area (Å²) in [6, 6.07) is 19.1. The fourth-order valence-electron chi connectivity index (χ4n) is 2.19. The number of aromatic hydroxyl groups is 1. The van der Waals surface area contributed by atoms with Crippen molar-refractivity contribution in [1.82, 2.24) is 4.57 Å². The van der Waals surface area contributed by atoms with Crippen molar-refractivity contribution in [1.29, 1.82) is 0 Å². The number of nitrogens with zero attached hydrogens (tertiary/aromatic N) is 2. The van der Waals surface area contributed by atoms with Crippen molar-refractivity contribution < 1.29 is 5.11 Å². The van der Waals surface area contributed by atoms with E-state index < -0.39 is 0 Å². The quantitative estimate of drug-likeness (QED) is 0.714. The van der Waals surface area contributed by atoms with Gasteiger partial charge in [0.1, 0.15) is 5.75 Å². The minimum Gasteiger partial charge on any atom is -0.508 e. The summed E-state index contributed by atoms with van der Waals surface area (Å²) in [5, 5.41) is 9.37. The number of para-hydroxylation sites is 1. The first-order valence-corrected chi connectivity index (χ1v) is 6.80. The summed E-state index contributed by atoms with van der Waals surface area (Å²) in [7, 11) is 0. The number of hydrogen-bond donors (Lipinski definition) is 1. The van der Waals surface area contributed by atoms with Crippen molar-refractivity contribution in [2.24, 2.45) is 4.99 Å². The molecule has 3 aromatic rings. The van der Waals surface area contributed by atoms with Gasteiger partial charge in [-0.25, -0.2) is 0 Å². The second-order valence-corrected chi connectivity index (χ2v) is 4.86. The van der Waals surface area contributed by atoms with Crippen LogP contribution in [0.3, 0.4) is 0 Å². The Morgan fingerprint density at radius 3 is 2.48 bits per heavy atom. The largest absolute Gasteiger partial charge is 0.508 e. The van der Waals surface area contributed by atoms with Crippen LogP contribution in [-0.2, 0) is 0 Å². The van der Waals surface area contributed by atoms with Gasteiger partial charge in [-0.1, -0.05) is 18.2 Å². The van der Waals surface area contributed by atoms with Gasteiger partial charge in [-0.3, -0.25) is 4.99 Å². The molecule has 21 heavy (non-hydrogen) atoms. The molecule has 0 bridgehead atoms. The maximum Gasteiger partial charge on any atom is 0.115 e. The zero-order chi connectivity index (χ0) is 14.7. The predicted molar refractivity (Wildman–Crippen MR) is 85.9 cm³/mol. The summed E-state index contributed by atoms with van der Waals surface area (Å²) < 4.78 is 2.03. The molecule has 0 aliphatic carbocycles. The van der Waals surface area contributed by atoms with E-state index in [4.69, 9.17) is 0 Å². The van der Waals surface area contributed by atoms with Crippen LogP contribution in [0.2, 0.25) is 0 Å². The molecule has 0 spiro atoms. The lowest BCUT2D eigenvalue weighted by atomic mass is 10.2. The lowest BCUT2D eigenvalue weighted by molar-refractivity contribution is 0.475. The summed E-state index contributed by atoms with van der Waals surface area (Å²) in [5.41, 5.74) is 4.10. The minimum atomic E-state index is 0.265. The van der Waals surface area contributed by atoms with Gasteiger partial charge in [0.15, 0.2) is 0 Å². The molecule has 0 unspecified atom stereocenters. The molecule has 3 heteroatoms. The number of aryl methyl sites for hydroxylation is 1. The van der Waals surface area contributed by atoms with E-state index in [1.807, 2.05) is 72.4 Å². The molecule has 3 nitrogen and oxygen atoms in total. The number of benzene rings is 2. The normalized spacial score (nSPS) is 11.1. The third-order valence-electron chi connectivity index (χ3n) is 3.36. The van der Waals surface area contributed by atoms with E-state index in [0.717, 1.165) is 22.6 Å². The lowest BCUT2D eigenvalue weighted by Crippen LogP contribution is -1.97. The Morgan fingerprint density at radius 2 is 1.71 bits per heavy atom. The Hall–Kier alpha value is -2.81. The molecule has 3 rings (SSSR count). The first-order valence-electron chi connectivity index (χ1n) is 6.80. The van der Waals surface area contributed by atoms with E-state index in [1.54, 1.807) is 12.1 Å². The van der Waals surface area contributed by atoms with Crippen LogP contribution in [0, 0.1) is 6.92 Å².